The van der Waals surface area contributed by atoms with Crippen LogP contribution < -0.4 is 10.3 Å². The van der Waals surface area contributed by atoms with Gasteiger partial charge in [0, 0.05) is 12.8 Å². The number of benzene rings is 1. The number of phosphoric acid groups is 2. The number of nitrogens with two attached hydrogens (primary N) is 1. The predicted octanol–water partition coefficient (Wildman–Crippen LogP) is 9.40. The van der Waals surface area contributed by atoms with E-state index >= 15 is 0 Å². The fraction of sp³-hybridized carbons (Fsp3) is 0.795. The number of hydrogen-bond acceptors (Lipinski definition) is 11. The number of aliphatic hydroxyl groups is 3. The summed E-state index contributed by atoms with van der Waals surface area (Å²) in [4.78, 5) is 62.2. The molecule has 0 bridgehead atoms. The summed E-state index contributed by atoms with van der Waals surface area (Å²) < 4.78 is 29.8. The molecule has 0 heterocycles. The maximum absolute atomic E-state index is 12.8. The first-order chi connectivity index (χ1) is 28.9. The first-order valence-corrected chi connectivity index (χ1v) is 25.9. The second kappa shape index (κ2) is 35.3. The second-order valence-electron chi connectivity index (χ2n) is 16.2. The number of aliphatic hydroxyl groups excluding tert-OH is 2. The van der Waals surface area contributed by atoms with Crippen LogP contribution in [0.25, 0.3) is 0 Å². The number of carboxylic acids is 1. The van der Waals surface area contributed by atoms with E-state index in [1.807, 2.05) is 0 Å². The molecule has 0 aliphatic carbocycles. The number of carboxylic acid groups (broad SMARTS) is 1. The van der Waals surface area contributed by atoms with Crippen molar-refractivity contribution in [1.82, 2.24) is 0 Å². The molecule has 15 nitrogen and oxygen atoms in total. The van der Waals surface area contributed by atoms with Crippen molar-refractivity contribution >= 4 is 33.2 Å². The molecule has 1 aromatic carbocycles. The van der Waals surface area contributed by atoms with E-state index in [2.05, 4.69) is 22.7 Å². The summed E-state index contributed by atoms with van der Waals surface area (Å²) in [6.45, 7) is 3.69. The van der Waals surface area contributed by atoms with Crippen molar-refractivity contribution in [2.75, 3.05) is 6.61 Å². The van der Waals surface area contributed by atoms with Crippen LogP contribution in [-0.4, -0.2) is 77.0 Å². The van der Waals surface area contributed by atoms with Gasteiger partial charge in [0.05, 0.1) is 6.61 Å². The number of aliphatic carboxylic acids is 1. The Kier molecular flexibility index (Phi) is 34.2. The summed E-state index contributed by atoms with van der Waals surface area (Å²) in [5.74, 6) is -2.65. The van der Waals surface area contributed by atoms with Gasteiger partial charge < -0.3 is 40.5 Å². The van der Waals surface area contributed by atoms with E-state index in [0.717, 1.165) is 38.5 Å². The average molecular weight is 910 g/mol. The van der Waals surface area contributed by atoms with E-state index in [0.29, 0.717) is 18.4 Å². The minimum Gasteiger partial charge on any atom is -0.480 e. The molecular weight excluding hydrogens is 828 g/mol. The zero-order valence-corrected chi connectivity index (χ0v) is 38.9. The van der Waals surface area contributed by atoms with E-state index in [1.165, 1.54) is 140 Å². The van der Waals surface area contributed by atoms with Crippen LogP contribution in [0.2, 0.25) is 0 Å². The SMILES string of the molecule is CCCCCCCCCCCCCCCC(=O)C(O)(C(=O)CCCCCCCCCCCCCCC)C(O)CO.N[C@@H](Cc1ccc(OP(=O)(O)OP(=O)(O)O)cc1)C(=O)O. The van der Waals surface area contributed by atoms with E-state index < -0.39 is 57.5 Å². The Morgan fingerprint density at radius 3 is 1.25 bits per heavy atom. The van der Waals surface area contributed by atoms with Gasteiger partial charge >= 0.3 is 21.6 Å². The molecule has 9 N–H and O–H groups in total. The largest absolute Gasteiger partial charge is 0.536 e. The molecule has 0 amide bonds. The van der Waals surface area contributed by atoms with Crippen molar-refractivity contribution < 1.29 is 67.5 Å². The molecule has 2 unspecified atom stereocenters. The fourth-order valence-electron chi connectivity index (χ4n) is 6.96. The van der Waals surface area contributed by atoms with Gasteiger partial charge in [0.1, 0.15) is 17.9 Å². The molecule has 61 heavy (non-hydrogen) atoms. The molecule has 0 saturated carbocycles. The molecule has 0 radical (unpaired) electrons. The summed E-state index contributed by atoms with van der Waals surface area (Å²) in [7, 11) is -10.2. The third-order valence-electron chi connectivity index (χ3n) is 10.6. The van der Waals surface area contributed by atoms with Gasteiger partial charge in [0.25, 0.3) is 0 Å². The summed E-state index contributed by atoms with van der Waals surface area (Å²) in [5.41, 5.74) is 3.40. The van der Waals surface area contributed by atoms with Crippen LogP contribution in [0.5, 0.6) is 5.75 Å². The quantitative estimate of drug-likeness (QED) is 0.0174. The molecule has 3 atom stereocenters. The molecule has 0 aromatic heterocycles. The van der Waals surface area contributed by atoms with Crippen LogP contribution in [0.4, 0.5) is 0 Å². The highest BCUT2D eigenvalue weighted by Crippen LogP contribution is 2.57. The maximum Gasteiger partial charge on any atom is 0.536 e. The molecule has 0 aliphatic rings. The predicted molar refractivity (Wildman–Crippen MR) is 238 cm³/mol. The minimum atomic E-state index is -5.18. The van der Waals surface area contributed by atoms with Gasteiger partial charge in [0.2, 0.25) is 5.60 Å². The summed E-state index contributed by atoms with van der Waals surface area (Å²) in [5, 5.41) is 39.1. The molecule has 17 heteroatoms. The molecule has 0 saturated heterocycles. The topological polar surface area (TPSA) is 271 Å². The fourth-order valence-corrected chi connectivity index (χ4v) is 8.56. The lowest BCUT2D eigenvalue weighted by atomic mass is 9.82. The third-order valence-corrected chi connectivity index (χ3v) is 12.8. The van der Waals surface area contributed by atoms with Crippen molar-refractivity contribution in [3.8, 4) is 5.75 Å². The van der Waals surface area contributed by atoms with E-state index in [4.69, 9.17) is 25.5 Å². The second-order valence-corrected chi connectivity index (χ2v) is 19.0. The average Bonchev–Trinajstić information content (AvgIpc) is 3.20. The zero-order chi connectivity index (χ0) is 46.0. The van der Waals surface area contributed by atoms with Gasteiger partial charge in [-0.15, -0.1) is 0 Å². The molecule has 0 spiro atoms. The summed E-state index contributed by atoms with van der Waals surface area (Å²) in [6.07, 6.45) is 29.4. The van der Waals surface area contributed by atoms with E-state index in [9.17, 15) is 38.8 Å². The molecule has 356 valence electrons. The Labute approximate surface area is 365 Å². The first kappa shape index (κ1) is 59.0. The number of ketones is 2. The van der Waals surface area contributed by atoms with Gasteiger partial charge in [0.15, 0.2) is 11.6 Å². The number of phosphoric ester groups is 1. The normalized spacial score (nSPS) is 13.8. The lowest BCUT2D eigenvalue weighted by Gasteiger charge is -2.29. The van der Waals surface area contributed by atoms with E-state index in [1.54, 1.807) is 0 Å². The van der Waals surface area contributed by atoms with Crippen LogP contribution in [0.1, 0.15) is 199 Å². The van der Waals surface area contributed by atoms with Crippen LogP contribution in [-0.2, 0) is 34.2 Å². The first-order valence-electron chi connectivity index (χ1n) is 22.9. The Hall–Kier alpha value is -2.03. The Morgan fingerprint density at radius 2 is 0.951 bits per heavy atom. The van der Waals surface area contributed by atoms with Crippen molar-refractivity contribution in [3.05, 3.63) is 29.8 Å². The Balaban J connectivity index is 0.00000143. The third kappa shape index (κ3) is 30.7. The molecule has 0 aliphatic heterocycles. The number of carbonyl (C=O) groups is 3. The van der Waals surface area contributed by atoms with Crippen molar-refractivity contribution in [3.63, 3.8) is 0 Å². The minimum absolute atomic E-state index is 0.0331. The lowest BCUT2D eigenvalue weighted by molar-refractivity contribution is -0.166. The molecular formula is C44H81NO14P2. The number of Topliss-reactive ketones (excluding diaryl/α,β-unsaturated/α-hetero) is 2. The van der Waals surface area contributed by atoms with Crippen LogP contribution in [0.15, 0.2) is 24.3 Å². The highest BCUT2D eigenvalue weighted by atomic mass is 31.3. The zero-order valence-electron chi connectivity index (χ0n) is 37.1. The van der Waals surface area contributed by atoms with E-state index in [-0.39, 0.29) is 25.0 Å². The van der Waals surface area contributed by atoms with Crippen molar-refractivity contribution in [1.29, 1.82) is 0 Å². The number of carbonyl (C=O) groups excluding carboxylic acids is 2. The van der Waals surface area contributed by atoms with Gasteiger partial charge in [-0.25, -0.2) is 9.13 Å². The highest BCUT2D eigenvalue weighted by Gasteiger charge is 2.48. The van der Waals surface area contributed by atoms with Crippen molar-refractivity contribution in [2.24, 2.45) is 5.73 Å². The number of hydrogen-bond donors (Lipinski definition) is 8. The van der Waals surface area contributed by atoms with Gasteiger partial charge in [-0.2, -0.15) is 4.31 Å². The molecule has 1 rings (SSSR count). The van der Waals surface area contributed by atoms with Gasteiger partial charge in [-0.3, -0.25) is 19.3 Å². The number of unbranched alkanes of at least 4 members (excludes halogenated alkanes) is 24. The Morgan fingerprint density at radius 1 is 0.623 bits per heavy atom. The standard InChI is InChI=1S/C35H68O5.C9H13NO9P2/c1-3-5-7-9-11-13-15-17-19-21-23-25-27-29-32(37)35(40,34(39)31-36)33(38)30-28-26-24-22-20-18-16-14-12-10-8-6-4-2;10-8(9(11)12)5-6-1-3-7(4-2-6)18-21(16,17)19-20(13,14)15/h34,36,39-40H,3-31H2,1-2H3;1-4,8H,5,10H2,(H,11,12)(H,16,17)(H2,13,14,15)/t;8-/m.0/s1. The lowest BCUT2D eigenvalue weighted by Crippen LogP contribution is -2.57. The summed E-state index contributed by atoms with van der Waals surface area (Å²) >= 11 is 0. The summed E-state index contributed by atoms with van der Waals surface area (Å²) in [6, 6.07) is 4.08. The van der Waals surface area contributed by atoms with Crippen molar-refractivity contribution in [2.45, 2.75) is 218 Å². The highest BCUT2D eigenvalue weighted by molar-refractivity contribution is 7.60. The molecule has 0 fully saturated rings. The maximum atomic E-state index is 12.8. The van der Waals surface area contributed by atoms with Crippen LogP contribution >= 0.6 is 15.6 Å². The van der Waals surface area contributed by atoms with Crippen LogP contribution in [0, 0.1) is 0 Å². The molecule has 1 aromatic rings. The monoisotopic (exact) mass is 910 g/mol. The number of rotatable bonds is 39. The van der Waals surface area contributed by atoms with Crippen LogP contribution in [0.3, 0.4) is 0 Å². The smallest absolute Gasteiger partial charge is 0.480 e. The van der Waals surface area contributed by atoms with Gasteiger partial charge in [-0.1, -0.05) is 180 Å². The Bertz CT molecular complexity index is 1350. The van der Waals surface area contributed by atoms with Gasteiger partial charge in [-0.05, 0) is 37.0 Å².